The van der Waals surface area contributed by atoms with Gasteiger partial charge in [-0.2, -0.15) is 0 Å². The molecule has 0 aliphatic carbocycles. The van der Waals surface area contributed by atoms with Gasteiger partial charge in [-0.3, -0.25) is 10.1 Å². The Labute approximate surface area is 111 Å². The molecule has 0 heterocycles. The van der Waals surface area contributed by atoms with Crippen molar-refractivity contribution in [2.24, 2.45) is 0 Å². The van der Waals surface area contributed by atoms with Gasteiger partial charge in [0, 0.05) is 25.7 Å². The third kappa shape index (κ3) is 4.33. The van der Waals surface area contributed by atoms with Gasteiger partial charge in [0.1, 0.15) is 0 Å². The molecule has 0 saturated carbocycles. The molecule has 0 N–H and O–H groups in total. The van der Waals surface area contributed by atoms with Crippen molar-refractivity contribution in [2.75, 3.05) is 13.7 Å². The van der Waals surface area contributed by atoms with Crippen molar-refractivity contribution in [2.45, 2.75) is 26.4 Å². The zero-order valence-electron chi connectivity index (χ0n) is 11.2. The van der Waals surface area contributed by atoms with E-state index >= 15 is 0 Å². The number of carbonyl (C=O) groups excluding carboxylic acids is 1. The molecule has 19 heavy (non-hydrogen) atoms. The summed E-state index contributed by atoms with van der Waals surface area (Å²) in [5.41, 5.74) is 0.830. The molecule has 6 heteroatoms. The number of hydrogen-bond acceptors (Lipinski definition) is 5. The summed E-state index contributed by atoms with van der Waals surface area (Å²) in [6.45, 7) is 3.77. The number of nitro benzene ring substituents is 1. The number of carbonyl (C=O) groups is 1. The third-order valence-electron chi connectivity index (χ3n) is 2.80. The fourth-order valence-electron chi connectivity index (χ4n) is 1.50. The highest BCUT2D eigenvalue weighted by molar-refractivity contribution is 5.91. The highest BCUT2D eigenvalue weighted by Crippen LogP contribution is 2.18. The molecule has 6 nitrogen and oxygen atoms in total. The highest BCUT2D eigenvalue weighted by Gasteiger charge is 2.14. The highest BCUT2D eigenvalue weighted by atomic mass is 16.6. The van der Waals surface area contributed by atoms with Gasteiger partial charge < -0.3 is 9.47 Å². The average Bonchev–Trinajstić information content (AvgIpc) is 2.37. The normalized spacial score (nSPS) is 11.9. The van der Waals surface area contributed by atoms with Crippen LogP contribution in [0.5, 0.6) is 0 Å². The van der Waals surface area contributed by atoms with E-state index < -0.39 is 10.9 Å². The molecule has 0 radical (unpaired) electrons. The van der Waals surface area contributed by atoms with Crippen molar-refractivity contribution in [3.63, 3.8) is 0 Å². The van der Waals surface area contributed by atoms with Gasteiger partial charge in [-0.25, -0.2) is 4.79 Å². The summed E-state index contributed by atoms with van der Waals surface area (Å²) in [4.78, 5) is 21.9. The lowest BCUT2D eigenvalue weighted by atomic mass is 10.1. The fourth-order valence-corrected chi connectivity index (χ4v) is 1.50. The first-order valence-corrected chi connectivity index (χ1v) is 5.90. The second-order valence-electron chi connectivity index (χ2n) is 4.23. The van der Waals surface area contributed by atoms with Crippen LogP contribution in [-0.2, 0) is 9.47 Å². The molecule has 1 atom stereocenters. The first-order chi connectivity index (χ1) is 8.95. The summed E-state index contributed by atoms with van der Waals surface area (Å²) < 4.78 is 10.1. The van der Waals surface area contributed by atoms with Crippen LogP contribution < -0.4 is 0 Å². The predicted octanol–water partition coefficient (Wildman–Crippen LogP) is 2.49. The number of rotatable bonds is 6. The standard InChI is InChI=1S/C13H17NO5/c1-9-8-11(14(16)17)4-5-12(9)13(15)19-7-6-10(2)18-3/h4-5,8,10H,6-7H2,1-3H3/t10-/m1/s1. The van der Waals surface area contributed by atoms with Crippen molar-refractivity contribution < 1.29 is 19.2 Å². The van der Waals surface area contributed by atoms with Crippen molar-refractivity contribution >= 4 is 11.7 Å². The number of benzene rings is 1. The Morgan fingerprint density at radius 1 is 1.47 bits per heavy atom. The molecule has 1 aromatic rings. The number of ether oxygens (including phenoxy) is 2. The minimum atomic E-state index is -0.498. The van der Waals surface area contributed by atoms with E-state index in [2.05, 4.69) is 0 Å². The fraction of sp³-hybridized carbons (Fsp3) is 0.462. The molecular formula is C13H17NO5. The van der Waals surface area contributed by atoms with Gasteiger partial charge in [-0.15, -0.1) is 0 Å². The van der Waals surface area contributed by atoms with Gasteiger partial charge in [0.25, 0.3) is 5.69 Å². The zero-order valence-corrected chi connectivity index (χ0v) is 11.2. The van der Waals surface area contributed by atoms with E-state index in [1.165, 1.54) is 18.2 Å². The van der Waals surface area contributed by atoms with E-state index in [-0.39, 0.29) is 18.4 Å². The molecule has 0 bridgehead atoms. The molecular weight excluding hydrogens is 250 g/mol. The van der Waals surface area contributed by atoms with Gasteiger partial charge in [0.2, 0.25) is 0 Å². The number of methoxy groups -OCH3 is 1. The number of hydrogen-bond donors (Lipinski definition) is 0. The number of aryl methyl sites for hydroxylation is 1. The Hall–Kier alpha value is -1.95. The van der Waals surface area contributed by atoms with E-state index in [4.69, 9.17) is 9.47 Å². The van der Waals surface area contributed by atoms with Crippen LogP contribution in [0.15, 0.2) is 18.2 Å². The van der Waals surface area contributed by atoms with Crippen molar-refractivity contribution in [3.8, 4) is 0 Å². The van der Waals surface area contributed by atoms with Crippen LogP contribution in [0.1, 0.15) is 29.3 Å². The summed E-state index contributed by atoms with van der Waals surface area (Å²) in [5, 5.41) is 10.6. The number of nitro groups is 1. The van der Waals surface area contributed by atoms with Crippen molar-refractivity contribution in [1.29, 1.82) is 0 Å². The molecule has 1 aromatic carbocycles. The van der Waals surface area contributed by atoms with Crippen LogP contribution in [0.2, 0.25) is 0 Å². The maximum Gasteiger partial charge on any atom is 0.338 e. The van der Waals surface area contributed by atoms with Crippen LogP contribution in [0.3, 0.4) is 0 Å². The Morgan fingerprint density at radius 3 is 2.68 bits per heavy atom. The smallest absolute Gasteiger partial charge is 0.338 e. The van der Waals surface area contributed by atoms with E-state index in [9.17, 15) is 14.9 Å². The summed E-state index contributed by atoms with van der Waals surface area (Å²) in [5.74, 6) is -0.476. The van der Waals surface area contributed by atoms with Crippen molar-refractivity contribution in [1.82, 2.24) is 0 Å². The Kier molecular flexibility index (Phi) is 5.44. The molecule has 0 aromatic heterocycles. The van der Waals surface area contributed by atoms with E-state index in [1.807, 2.05) is 6.92 Å². The number of non-ortho nitro benzene ring substituents is 1. The zero-order chi connectivity index (χ0) is 14.4. The van der Waals surface area contributed by atoms with Crippen LogP contribution in [0.25, 0.3) is 0 Å². The summed E-state index contributed by atoms with van der Waals surface area (Å²) in [7, 11) is 1.59. The molecule has 0 fully saturated rings. The van der Waals surface area contributed by atoms with Gasteiger partial charge in [-0.1, -0.05) is 0 Å². The molecule has 0 spiro atoms. The van der Waals surface area contributed by atoms with E-state index in [0.717, 1.165) is 0 Å². The Balaban J connectivity index is 2.65. The van der Waals surface area contributed by atoms with Crippen LogP contribution in [0.4, 0.5) is 5.69 Å². The van der Waals surface area contributed by atoms with Crippen LogP contribution in [0, 0.1) is 17.0 Å². The van der Waals surface area contributed by atoms with Crippen LogP contribution >= 0.6 is 0 Å². The van der Waals surface area contributed by atoms with Gasteiger partial charge >= 0.3 is 5.97 Å². The first kappa shape index (κ1) is 15.1. The molecule has 1 rings (SSSR count). The monoisotopic (exact) mass is 267 g/mol. The molecule has 0 unspecified atom stereocenters. The molecule has 0 saturated heterocycles. The lowest BCUT2D eigenvalue weighted by molar-refractivity contribution is -0.384. The molecule has 104 valence electrons. The minimum absolute atomic E-state index is 0.0192. The van der Waals surface area contributed by atoms with E-state index in [0.29, 0.717) is 17.5 Å². The lowest BCUT2D eigenvalue weighted by Crippen LogP contribution is -2.13. The average molecular weight is 267 g/mol. The number of esters is 1. The Bertz CT molecular complexity index is 472. The second-order valence-corrected chi connectivity index (χ2v) is 4.23. The lowest BCUT2D eigenvalue weighted by Gasteiger charge is -2.10. The molecule has 0 aliphatic rings. The minimum Gasteiger partial charge on any atom is -0.462 e. The quantitative estimate of drug-likeness (QED) is 0.449. The number of nitrogens with zero attached hydrogens (tertiary/aromatic N) is 1. The molecule has 0 aliphatic heterocycles. The maximum atomic E-state index is 11.8. The van der Waals surface area contributed by atoms with Crippen molar-refractivity contribution in [3.05, 3.63) is 39.4 Å². The van der Waals surface area contributed by atoms with E-state index in [1.54, 1.807) is 14.0 Å². The second kappa shape index (κ2) is 6.84. The summed E-state index contributed by atoms with van der Waals surface area (Å²) in [6.07, 6.45) is 0.625. The topological polar surface area (TPSA) is 78.7 Å². The maximum absolute atomic E-state index is 11.8. The summed E-state index contributed by atoms with van der Waals surface area (Å²) in [6, 6.07) is 4.06. The van der Waals surface area contributed by atoms with Crippen LogP contribution in [-0.4, -0.2) is 30.7 Å². The third-order valence-corrected chi connectivity index (χ3v) is 2.80. The SMILES string of the molecule is CO[C@H](C)CCOC(=O)c1ccc([N+](=O)[O-])cc1C. The van der Waals surface area contributed by atoms with Gasteiger partial charge in [0.05, 0.1) is 23.2 Å². The summed E-state index contributed by atoms with van der Waals surface area (Å²) >= 11 is 0. The predicted molar refractivity (Wildman–Crippen MR) is 69.2 cm³/mol. The van der Waals surface area contributed by atoms with Gasteiger partial charge in [0.15, 0.2) is 0 Å². The first-order valence-electron chi connectivity index (χ1n) is 5.90. The largest absolute Gasteiger partial charge is 0.462 e. The Morgan fingerprint density at radius 2 is 2.16 bits per heavy atom. The molecule has 0 amide bonds. The van der Waals surface area contributed by atoms with Gasteiger partial charge in [-0.05, 0) is 25.5 Å².